The Labute approximate surface area is 218 Å². The highest BCUT2D eigenvalue weighted by atomic mass is 32.2. The van der Waals surface area contributed by atoms with E-state index in [0.717, 1.165) is 30.1 Å². The second-order valence-corrected chi connectivity index (χ2v) is 9.69. The fourth-order valence-corrected chi connectivity index (χ4v) is 4.14. The third-order valence-electron chi connectivity index (χ3n) is 5.29. The number of rotatable bonds is 10. The number of hydrogen-bond acceptors (Lipinski definition) is 3. The van der Waals surface area contributed by atoms with E-state index >= 15 is 0 Å². The van der Waals surface area contributed by atoms with Crippen molar-refractivity contribution in [1.82, 2.24) is 5.32 Å². The van der Waals surface area contributed by atoms with Gasteiger partial charge in [0, 0.05) is 29.1 Å². The number of carbonyl (C=O) groups excluding carboxylic acids is 1. The van der Waals surface area contributed by atoms with Crippen LogP contribution >= 0.6 is 11.8 Å². The fourth-order valence-electron chi connectivity index (χ4n) is 3.48. The van der Waals surface area contributed by atoms with Gasteiger partial charge in [-0.15, -0.1) is 11.8 Å². The van der Waals surface area contributed by atoms with Gasteiger partial charge in [0.15, 0.2) is 0 Å². The molecular formula is C31H44N2OS. The molecule has 0 aliphatic heterocycles. The van der Waals surface area contributed by atoms with Crippen LogP contribution in [0.15, 0.2) is 83.8 Å². The van der Waals surface area contributed by atoms with Crippen LogP contribution in [-0.2, 0) is 23.2 Å². The summed E-state index contributed by atoms with van der Waals surface area (Å²) in [6, 6.07) is 26.9. The maximum absolute atomic E-state index is 12.4. The van der Waals surface area contributed by atoms with Crippen molar-refractivity contribution in [2.75, 3.05) is 17.6 Å². The Balaban J connectivity index is 0.00000145. The van der Waals surface area contributed by atoms with E-state index in [9.17, 15) is 4.79 Å². The van der Waals surface area contributed by atoms with Crippen molar-refractivity contribution in [1.29, 1.82) is 0 Å². The summed E-state index contributed by atoms with van der Waals surface area (Å²) in [5.41, 5.74) is 4.39. The Hall–Kier alpha value is -2.56. The van der Waals surface area contributed by atoms with E-state index in [1.54, 1.807) is 0 Å². The van der Waals surface area contributed by atoms with Gasteiger partial charge in [0.2, 0.25) is 5.91 Å². The molecule has 0 aromatic heterocycles. The second kappa shape index (κ2) is 17.0. The van der Waals surface area contributed by atoms with Crippen molar-refractivity contribution in [3.63, 3.8) is 0 Å². The average molecular weight is 493 g/mol. The van der Waals surface area contributed by atoms with E-state index in [4.69, 9.17) is 0 Å². The molecule has 0 aliphatic rings. The molecule has 0 saturated carbocycles. The standard InChI is InChI=1S/C27H32N2OS.2C2H6/c1-4-31-25-16-10-21(11-17-25)18-26(30)29-24-14-12-23(13-15-24)27(2,3)20-28-19-22-8-6-5-7-9-22;2*1-2/h5-17,28H,4,18-20H2,1-3H3,(H,29,30);2*1-2H3. The molecule has 3 aromatic rings. The lowest BCUT2D eigenvalue weighted by Gasteiger charge is -2.26. The zero-order valence-electron chi connectivity index (χ0n) is 22.7. The summed E-state index contributed by atoms with van der Waals surface area (Å²) in [4.78, 5) is 13.7. The molecule has 0 spiro atoms. The molecule has 0 saturated heterocycles. The number of benzene rings is 3. The molecule has 190 valence electrons. The number of hydrogen-bond donors (Lipinski definition) is 2. The summed E-state index contributed by atoms with van der Waals surface area (Å²) in [6.07, 6.45) is 0.383. The van der Waals surface area contributed by atoms with Gasteiger partial charge >= 0.3 is 0 Å². The van der Waals surface area contributed by atoms with Gasteiger partial charge in [-0.05, 0) is 46.7 Å². The Morgan fingerprint density at radius 3 is 1.97 bits per heavy atom. The first-order valence-electron chi connectivity index (χ1n) is 12.8. The minimum absolute atomic E-state index is 0.00440. The van der Waals surface area contributed by atoms with Crippen LogP contribution in [-0.4, -0.2) is 18.2 Å². The number of amides is 1. The topological polar surface area (TPSA) is 41.1 Å². The number of carbonyl (C=O) groups is 1. The van der Waals surface area contributed by atoms with Gasteiger partial charge < -0.3 is 10.6 Å². The lowest BCUT2D eigenvalue weighted by Crippen LogP contribution is -2.32. The molecule has 0 fully saturated rings. The molecule has 0 aliphatic carbocycles. The zero-order chi connectivity index (χ0) is 26.1. The summed E-state index contributed by atoms with van der Waals surface area (Å²) in [5, 5.41) is 6.57. The van der Waals surface area contributed by atoms with E-state index < -0.39 is 0 Å². The Morgan fingerprint density at radius 1 is 0.800 bits per heavy atom. The van der Waals surface area contributed by atoms with Crippen LogP contribution in [0.1, 0.15) is 65.2 Å². The molecule has 3 nitrogen and oxygen atoms in total. The molecular weight excluding hydrogens is 448 g/mol. The fraction of sp³-hybridized carbons (Fsp3) is 0.387. The normalized spacial score (nSPS) is 10.4. The largest absolute Gasteiger partial charge is 0.326 e. The molecule has 4 heteroatoms. The maximum atomic E-state index is 12.4. The molecule has 0 unspecified atom stereocenters. The highest BCUT2D eigenvalue weighted by molar-refractivity contribution is 7.99. The molecule has 3 rings (SSSR count). The first-order valence-corrected chi connectivity index (χ1v) is 13.8. The third kappa shape index (κ3) is 11.1. The van der Waals surface area contributed by atoms with Crippen LogP contribution in [0.3, 0.4) is 0 Å². The van der Waals surface area contributed by atoms with Crippen molar-refractivity contribution in [3.05, 3.63) is 95.6 Å². The van der Waals surface area contributed by atoms with Gasteiger partial charge in [-0.1, -0.05) is 103 Å². The lowest BCUT2D eigenvalue weighted by atomic mass is 9.84. The summed E-state index contributed by atoms with van der Waals surface area (Å²) < 4.78 is 0. The Bertz CT molecular complexity index is 952. The number of anilines is 1. The first-order chi connectivity index (χ1) is 17.0. The highest BCUT2D eigenvalue weighted by Crippen LogP contribution is 2.24. The van der Waals surface area contributed by atoms with Gasteiger partial charge in [-0.2, -0.15) is 0 Å². The summed E-state index contributed by atoms with van der Waals surface area (Å²) >= 11 is 1.81. The van der Waals surface area contributed by atoms with Gasteiger partial charge in [0.05, 0.1) is 6.42 Å². The van der Waals surface area contributed by atoms with Crippen molar-refractivity contribution >= 4 is 23.4 Å². The van der Waals surface area contributed by atoms with E-state index in [1.165, 1.54) is 16.0 Å². The Kier molecular flexibility index (Phi) is 14.8. The van der Waals surface area contributed by atoms with Crippen LogP contribution in [0.5, 0.6) is 0 Å². The van der Waals surface area contributed by atoms with Gasteiger partial charge in [0.1, 0.15) is 0 Å². The van der Waals surface area contributed by atoms with Crippen molar-refractivity contribution in [2.45, 2.75) is 71.7 Å². The van der Waals surface area contributed by atoms with E-state index in [1.807, 2.05) is 69.8 Å². The Morgan fingerprint density at radius 2 is 1.40 bits per heavy atom. The molecule has 0 atom stereocenters. The van der Waals surface area contributed by atoms with Crippen LogP contribution < -0.4 is 10.6 Å². The predicted molar refractivity (Wildman–Crippen MR) is 155 cm³/mol. The van der Waals surface area contributed by atoms with Crippen LogP contribution in [0, 0.1) is 0 Å². The summed E-state index contributed by atoms with van der Waals surface area (Å²) in [6.45, 7) is 16.3. The number of thioether (sulfide) groups is 1. The van der Waals surface area contributed by atoms with Crippen LogP contribution in [0.2, 0.25) is 0 Å². The zero-order valence-corrected chi connectivity index (χ0v) is 23.5. The molecule has 35 heavy (non-hydrogen) atoms. The van der Waals surface area contributed by atoms with Crippen LogP contribution in [0.4, 0.5) is 5.69 Å². The second-order valence-electron chi connectivity index (χ2n) is 8.35. The van der Waals surface area contributed by atoms with Crippen LogP contribution in [0.25, 0.3) is 0 Å². The summed E-state index contributed by atoms with van der Waals surface area (Å²) in [7, 11) is 0. The summed E-state index contributed by atoms with van der Waals surface area (Å²) in [5.74, 6) is 1.06. The van der Waals surface area contributed by atoms with E-state index in [-0.39, 0.29) is 11.3 Å². The predicted octanol–water partition coefficient (Wildman–Crippen LogP) is 8.10. The monoisotopic (exact) mass is 492 g/mol. The third-order valence-corrected chi connectivity index (χ3v) is 6.18. The van der Waals surface area contributed by atoms with Gasteiger partial charge in [0.25, 0.3) is 0 Å². The minimum Gasteiger partial charge on any atom is -0.326 e. The maximum Gasteiger partial charge on any atom is 0.228 e. The highest BCUT2D eigenvalue weighted by Gasteiger charge is 2.20. The molecule has 0 bridgehead atoms. The SMILES string of the molecule is CC.CC.CCSc1ccc(CC(=O)Nc2ccc(C(C)(C)CNCc3ccccc3)cc2)cc1. The van der Waals surface area contributed by atoms with Crippen molar-refractivity contribution in [3.8, 4) is 0 Å². The van der Waals surface area contributed by atoms with Crippen molar-refractivity contribution in [2.24, 2.45) is 0 Å². The quantitative estimate of drug-likeness (QED) is 0.281. The van der Waals surface area contributed by atoms with E-state index in [2.05, 4.69) is 79.9 Å². The lowest BCUT2D eigenvalue weighted by molar-refractivity contribution is -0.115. The smallest absolute Gasteiger partial charge is 0.228 e. The molecule has 2 N–H and O–H groups in total. The first kappa shape index (κ1) is 30.5. The average Bonchev–Trinajstić information content (AvgIpc) is 2.89. The molecule has 1 amide bonds. The minimum atomic E-state index is -0.00440. The van der Waals surface area contributed by atoms with Gasteiger partial charge in [-0.25, -0.2) is 0 Å². The van der Waals surface area contributed by atoms with E-state index in [0.29, 0.717) is 6.42 Å². The number of nitrogens with one attached hydrogen (secondary N) is 2. The molecule has 0 heterocycles. The van der Waals surface area contributed by atoms with Gasteiger partial charge in [-0.3, -0.25) is 4.79 Å². The molecule has 0 radical (unpaired) electrons. The van der Waals surface area contributed by atoms with Crippen molar-refractivity contribution < 1.29 is 4.79 Å². The molecule has 3 aromatic carbocycles.